The highest BCUT2D eigenvalue weighted by Crippen LogP contribution is 2.24. The molecule has 0 heterocycles. The van der Waals surface area contributed by atoms with Crippen LogP contribution in [0.5, 0.6) is 5.75 Å². The van der Waals surface area contributed by atoms with Crippen LogP contribution < -0.4 is 4.74 Å². The molecule has 2 aromatic carbocycles. The molecule has 0 aliphatic heterocycles. The predicted octanol–water partition coefficient (Wildman–Crippen LogP) is 4.55. The first-order chi connectivity index (χ1) is 9.20. The number of para-hydroxylation sites is 1. The third-order valence-electron chi connectivity index (χ3n) is 2.93. The fourth-order valence-electron chi connectivity index (χ4n) is 1.91. The lowest BCUT2D eigenvalue weighted by molar-refractivity contribution is -0.136. The minimum absolute atomic E-state index is 0.212. The van der Waals surface area contributed by atoms with Crippen LogP contribution in [0.2, 0.25) is 0 Å². The zero-order valence-corrected chi connectivity index (χ0v) is 12.3. The molecule has 0 bridgehead atoms. The van der Waals surface area contributed by atoms with Crippen molar-refractivity contribution >= 4 is 21.9 Å². The lowest BCUT2D eigenvalue weighted by Crippen LogP contribution is -2.18. The van der Waals surface area contributed by atoms with Gasteiger partial charge in [-0.25, -0.2) is 0 Å². The Balaban J connectivity index is 2.13. The Hall–Kier alpha value is -1.61. The maximum absolute atomic E-state index is 12.2. The second-order valence-electron chi connectivity index (χ2n) is 4.25. The molecule has 0 aliphatic carbocycles. The number of hydrogen-bond acceptors (Lipinski definition) is 2. The maximum atomic E-state index is 12.2. The number of rotatable bonds is 4. The maximum Gasteiger partial charge on any atom is 0.318 e. The average Bonchev–Trinajstić information content (AvgIpc) is 2.43. The summed E-state index contributed by atoms with van der Waals surface area (Å²) in [7, 11) is 0. The van der Waals surface area contributed by atoms with Crippen molar-refractivity contribution in [3.05, 3.63) is 64.6 Å². The van der Waals surface area contributed by atoms with Gasteiger partial charge in [-0.3, -0.25) is 4.79 Å². The van der Waals surface area contributed by atoms with Gasteiger partial charge in [0.25, 0.3) is 0 Å². The third kappa shape index (κ3) is 3.67. The molecule has 2 aromatic rings. The van der Waals surface area contributed by atoms with E-state index in [1.807, 2.05) is 49.4 Å². The Morgan fingerprint density at radius 1 is 1.11 bits per heavy atom. The summed E-state index contributed by atoms with van der Waals surface area (Å²) in [4.78, 5) is 12.2. The van der Waals surface area contributed by atoms with E-state index in [9.17, 15) is 4.79 Å². The molecule has 0 amide bonds. The number of esters is 1. The Morgan fingerprint density at radius 2 is 1.74 bits per heavy atom. The Morgan fingerprint density at radius 3 is 2.32 bits per heavy atom. The van der Waals surface area contributed by atoms with E-state index in [4.69, 9.17) is 4.74 Å². The summed E-state index contributed by atoms with van der Waals surface area (Å²) >= 11 is 3.39. The molecule has 2 rings (SSSR count). The van der Waals surface area contributed by atoms with Crippen LogP contribution in [0.1, 0.15) is 24.8 Å². The van der Waals surface area contributed by atoms with Crippen molar-refractivity contribution in [3.63, 3.8) is 0 Å². The monoisotopic (exact) mass is 318 g/mol. The van der Waals surface area contributed by atoms with Crippen molar-refractivity contribution in [1.29, 1.82) is 0 Å². The number of benzene rings is 2. The number of carbonyl (C=O) groups excluding carboxylic acids is 1. The fourth-order valence-corrected chi connectivity index (χ4v) is 2.17. The van der Waals surface area contributed by atoms with Gasteiger partial charge >= 0.3 is 5.97 Å². The van der Waals surface area contributed by atoms with Gasteiger partial charge in [-0.1, -0.05) is 53.2 Å². The van der Waals surface area contributed by atoms with E-state index < -0.39 is 0 Å². The number of halogens is 1. The summed E-state index contributed by atoms with van der Waals surface area (Å²) in [6, 6.07) is 16.9. The molecule has 0 saturated carbocycles. The summed E-state index contributed by atoms with van der Waals surface area (Å²) in [5.74, 6) is 0.146. The van der Waals surface area contributed by atoms with Gasteiger partial charge < -0.3 is 4.74 Å². The molecule has 1 unspecified atom stereocenters. The predicted molar refractivity (Wildman–Crippen MR) is 79.3 cm³/mol. The van der Waals surface area contributed by atoms with Gasteiger partial charge in [-0.05, 0) is 36.2 Å². The van der Waals surface area contributed by atoms with Crippen molar-refractivity contribution in [3.8, 4) is 5.75 Å². The zero-order chi connectivity index (χ0) is 13.7. The molecule has 0 fully saturated rings. The second-order valence-corrected chi connectivity index (χ2v) is 5.16. The summed E-state index contributed by atoms with van der Waals surface area (Å²) < 4.78 is 6.40. The van der Waals surface area contributed by atoms with Crippen molar-refractivity contribution in [2.24, 2.45) is 0 Å². The van der Waals surface area contributed by atoms with Crippen LogP contribution in [-0.4, -0.2) is 5.97 Å². The van der Waals surface area contributed by atoms with Gasteiger partial charge in [0, 0.05) is 4.47 Å². The fraction of sp³-hybridized carbons (Fsp3) is 0.188. The van der Waals surface area contributed by atoms with E-state index in [1.165, 1.54) is 0 Å². The van der Waals surface area contributed by atoms with E-state index in [1.54, 1.807) is 12.1 Å². The highest BCUT2D eigenvalue weighted by atomic mass is 79.9. The van der Waals surface area contributed by atoms with Crippen LogP contribution in [0.15, 0.2) is 59.1 Å². The Kier molecular flexibility index (Phi) is 4.74. The standard InChI is InChI=1S/C16H15BrO2/c1-2-15(12-8-10-13(17)11-9-12)16(18)19-14-6-4-3-5-7-14/h3-11,15H,2H2,1H3. The molecule has 0 saturated heterocycles. The molecule has 3 heteroatoms. The lowest BCUT2D eigenvalue weighted by Gasteiger charge is -2.14. The minimum atomic E-state index is -0.228. The molecule has 2 nitrogen and oxygen atoms in total. The minimum Gasteiger partial charge on any atom is -0.426 e. The molecular formula is C16H15BrO2. The van der Waals surface area contributed by atoms with Gasteiger partial charge in [0.2, 0.25) is 0 Å². The summed E-state index contributed by atoms with van der Waals surface area (Å²) in [6.45, 7) is 1.99. The van der Waals surface area contributed by atoms with E-state index >= 15 is 0 Å². The van der Waals surface area contributed by atoms with Crippen LogP contribution in [0.3, 0.4) is 0 Å². The van der Waals surface area contributed by atoms with Crippen LogP contribution in [0, 0.1) is 0 Å². The van der Waals surface area contributed by atoms with E-state index in [-0.39, 0.29) is 11.9 Å². The van der Waals surface area contributed by atoms with Crippen LogP contribution in [-0.2, 0) is 4.79 Å². The third-order valence-corrected chi connectivity index (χ3v) is 3.46. The first-order valence-electron chi connectivity index (χ1n) is 6.23. The van der Waals surface area contributed by atoms with E-state index in [0.717, 1.165) is 10.0 Å². The second kappa shape index (κ2) is 6.53. The normalized spacial score (nSPS) is 11.9. The molecule has 0 aromatic heterocycles. The number of hydrogen-bond donors (Lipinski definition) is 0. The van der Waals surface area contributed by atoms with Crippen LogP contribution in [0.25, 0.3) is 0 Å². The summed E-state index contributed by atoms with van der Waals surface area (Å²) in [5, 5.41) is 0. The molecule has 0 N–H and O–H groups in total. The van der Waals surface area contributed by atoms with Gasteiger partial charge in [0.05, 0.1) is 5.92 Å². The quantitative estimate of drug-likeness (QED) is 0.610. The van der Waals surface area contributed by atoms with Crippen molar-refractivity contribution in [1.82, 2.24) is 0 Å². The molecular weight excluding hydrogens is 304 g/mol. The number of carbonyl (C=O) groups is 1. The average molecular weight is 319 g/mol. The molecule has 1 atom stereocenters. The summed E-state index contributed by atoms with van der Waals surface area (Å²) in [5.41, 5.74) is 0.978. The topological polar surface area (TPSA) is 26.3 Å². The number of ether oxygens (including phenoxy) is 1. The molecule has 0 aliphatic rings. The molecule has 19 heavy (non-hydrogen) atoms. The van der Waals surface area contributed by atoms with Gasteiger partial charge in [-0.15, -0.1) is 0 Å². The van der Waals surface area contributed by atoms with Gasteiger partial charge in [0.15, 0.2) is 0 Å². The Labute approximate surface area is 121 Å². The zero-order valence-electron chi connectivity index (χ0n) is 10.7. The molecule has 0 radical (unpaired) electrons. The SMILES string of the molecule is CCC(C(=O)Oc1ccccc1)c1ccc(Br)cc1. The first-order valence-corrected chi connectivity index (χ1v) is 7.02. The van der Waals surface area contributed by atoms with E-state index in [2.05, 4.69) is 15.9 Å². The Bertz CT molecular complexity index is 534. The summed E-state index contributed by atoms with van der Waals surface area (Å²) in [6.07, 6.45) is 0.716. The molecule has 98 valence electrons. The van der Waals surface area contributed by atoms with E-state index in [0.29, 0.717) is 12.2 Å². The van der Waals surface area contributed by atoms with Gasteiger partial charge in [-0.2, -0.15) is 0 Å². The molecule has 0 spiro atoms. The van der Waals surface area contributed by atoms with Crippen LogP contribution in [0.4, 0.5) is 0 Å². The first kappa shape index (κ1) is 13.8. The van der Waals surface area contributed by atoms with Crippen LogP contribution >= 0.6 is 15.9 Å². The van der Waals surface area contributed by atoms with Crippen molar-refractivity contribution < 1.29 is 9.53 Å². The lowest BCUT2D eigenvalue weighted by atomic mass is 9.97. The highest BCUT2D eigenvalue weighted by molar-refractivity contribution is 9.10. The largest absolute Gasteiger partial charge is 0.426 e. The van der Waals surface area contributed by atoms with Crippen molar-refractivity contribution in [2.45, 2.75) is 19.3 Å². The van der Waals surface area contributed by atoms with Gasteiger partial charge in [0.1, 0.15) is 5.75 Å². The van der Waals surface area contributed by atoms with Crippen molar-refractivity contribution in [2.75, 3.05) is 0 Å². The smallest absolute Gasteiger partial charge is 0.318 e. The highest BCUT2D eigenvalue weighted by Gasteiger charge is 2.20.